The monoisotopic (exact) mass is 222 g/mol. The molecule has 0 aromatic heterocycles. The van der Waals surface area contributed by atoms with Gasteiger partial charge >= 0.3 is 5.97 Å². The number of methoxy groups -OCH3 is 2. The van der Waals surface area contributed by atoms with Gasteiger partial charge in [0.15, 0.2) is 0 Å². The van der Waals surface area contributed by atoms with Gasteiger partial charge in [0.1, 0.15) is 11.5 Å². The number of hydrogen-bond donors (Lipinski definition) is 1. The molecule has 0 unspecified atom stereocenters. The van der Waals surface area contributed by atoms with Gasteiger partial charge in [0, 0.05) is 11.6 Å². The molecule has 0 saturated heterocycles. The highest BCUT2D eigenvalue weighted by Gasteiger charge is 2.07. The number of rotatable bonds is 4. The fourth-order valence-corrected chi connectivity index (χ4v) is 1.39. The van der Waals surface area contributed by atoms with E-state index in [1.165, 1.54) is 0 Å². The molecule has 0 amide bonds. The van der Waals surface area contributed by atoms with Gasteiger partial charge in [-0.15, -0.1) is 0 Å². The van der Waals surface area contributed by atoms with E-state index in [0.717, 1.165) is 6.08 Å². The molecule has 0 spiro atoms. The molecule has 0 aliphatic heterocycles. The van der Waals surface area contributed by atoms with E-state index in [1.807, 2.05) is 0 Å². The Morgan fingerprint density at radius 1 is 1.31 bits per heavy atom. The maximum atomic E-state index is 10.6. The van der Waals surface area contributed by atoms with Crippen LogP contribution in [0.4, 0.5) is 0 Å². The van der Waals surface area contributed by atoms with Gasteiger partial charge in [0.25, 0.3) is 0 Å². The molecular weight excluding hydrogens is 208 g/mol. The molecule has 1 rings (SSSR count). The molecule has 4 heteroatoms. The first-order valence-corrected chi connectivity index (χ1v) is 4.72. The molecule has 1 N–H and O–H groups in total. The number of carboxylic acids is 1. The lowest BCUT2D eigenvalue weighted by Gasteiger charge is -2.10. The fourth-order valence-electron chi connectivity index (χ4n) is 1.39. The fraction of sp³-hybridized carbons (Fsp3) is 0.250. The van der Waals surface area contributed by atoms with Crippen molar-refractivity contribution in [2.45, 2.75) is 6.92 Å². The molecule has 86 valence electrons. The maximum absolute atomic E-state index is 10.6. The number of ether oxygens (including phenoxy) is 2. The highest BCUT2D eigenvalue weighted by Crippen LogP contribution is 2.29. The molecular formula is C12H14O4. The van der Waals surface area contributed by atoms with Crippen molar-refractivity contribution in [1.29, 1.82) is 0 Å². The Kier molecular flexibility index (Phi) is 3.94. The zero-order chi connectivity index (χ0) is 12.1. The van der Waals surface area contributed by atoms with Gasteiger partial charge in [0.2, 0.25) is 0 Å². The molecule has 0 bridgehead atoms. The third-order valence-corrected chi connectivity index (χ3v) is 2.17. The predicted octanol–water partition coefficient (Wildman–Crippen LogP) is 2.19. The Balaban J connectivity index is 3.23. The first kappa shape index (κ1) is 12.1. The van der Waals surface area contributed by atoms with Gasteiger partial charge in [-0.3, -0.25) is 0 Å². The second kappa shape index (κ2) is 5.21. The van der Waals surface area contributed by atoms with Gasteiger partial charge in [-0.25, -0.2) is 4.79 Å². The zero-order valence-corrected chi connectivity index (χ0v) is 9.48. The van der Waals surface area contributed by atoms with Crippen molar-refractivity contribution in [1.82, 2.24) is 0 Å². The van der Waals surface area contributed by atoms with E-state index in [1.54, 1.807) is 39.3 Å². The van der Waals surface area contributed by atoms with Crippen LogP contribution in [-0.2, 0) is 4.79 Å². The van der Waals surface area contributed by atoms with Crippen molar-refractivity contribution in [3.63, 3.8) is 0 Å². The summed E-state index contributed by atoms with van der Waals surface area (Å²) in [6.45, 7) is 1.71. The van der Waals surface area contributed by atoms with E-state index >= 15 is 0 Å². The summed E-state index contributed by atoms with van der Waals surface area (Å²) in [5.41, 5.74) is 1.33. The third kappa shape index (κ3) is 2.76. The van der Waals surface area contributed by atoms with E-state index in [-0.39, 0.29) is 0 Å². The van der Waals surface area contributed by atoms with Crippen molar-refractivity contribution >= 4 is 11.5 Å². The summed E-state index contributed by atoms with van der Waals surface area (Å²) in [5, 5.41) is 8.69. The van der Waals surface area contributed by atoms with Crippen LogP contribution in [0.15, 0.2) is 24.3 Å². The van der Waals surface area contributed by atoms with Crippen LogP contribution in [0.1, 0.15) is 12.5 Å². The van der Waals surface area contributed by atoms with E-state index in [4.69, 9.17) is 14.6 Å². The van der Waals surface area contributed by atoms with Gasteiger partial charge in [0.05, 0.1) is 14.2 Å². The van der Waals surface area contributed by atoms with Crippen molar-refractivity contribution in [2.24, 2.45) is 0 Å². The minimum atomic E-state index is -0.984. The summed E-state index contributed by atoms with van der Waals surface area (Å²) >= 11 is 0. The largest absolute Gasteiger partial charge is 0.497 e. The van der Waals surface area contributed by atoms with Crippen LogP contribution in [0, 0.1) is 0 Å². The number of benzene rings is 1. The van der Waals surface area contributed by atoms with E-state index in [0.29, 0.717) is 22.6 Å². The van der Waals surface area contributed by atoms with Crippen LogP contribution in [0.3, 0.4) is 0 Å². The summed E-state index contributed by atoms with van der Waals surface area (Å²) in [6.07, 6.45) is 1.14. The smallest absolute Gasteiger partial charge is 0.328 e. The minimum absolute atomic E-state index is 0.614. The summed E-state index contributed by atoms with van der Waals surface area (Å²) in [6, 6.07) is 5.25. The maximum Gasteiger partial charge on any atom is 0.328 e. The first-order chi connectivity index (χ1) is 7.58. The summed E-state index contributed by atoms with van der Waals surface area (Å²) in [4.78, 5) is 10.6. The normalized spacial score (nSPS) is 11.1. The Labute approximate surface area is 94.1 Å². The molecule has 0 atom stereocenters. The van der Waals surface area contributed by atoms with Gasteiger partial charge in [-0.1, -0.05) is 0 Å². The standard InChI is InChI=1S/C12H14O4/c1-8(6-12(13)14)10-7-9(15-2)4-5-11(10)16-3/h4-7H,1-3H3,(H,13,14)/b8-6+. The average Bonchev–Trinajstić information content (AvgIpc) is 2.27. The lowest BCUT2D eigenvalue weighted by molar-refractivity contribution is -0.131. The summed E-state index contributed by atoms with van der Waals surface area (Å²) in [5.74, 6) is 0.298. The number of allylic oxidation sites excluding steroid dienone is 1. The lowest BCUT2D eigenvalue weighted by atomic mass is 10.1. The molecule has 0 fully saturated rings. The van der Waals surface area contributed by atoms with Crippen molar-refractivity contribution in [3.8, 4) is 11.5 Å². The van der Waals surface area contributed by atoms with Crippen molar-refractivity contribution in [2.75, 3.05) is 14.2 Å². The zero-order valence-electron chi connectivity index (χ0n) is 9.48. The number of carboxylic acid groups (broad SMARTS) is 1. The molecule has 0 aliphatic rings. The van der Waals surface area contributed by atoms with Crippen molar-refractivity contribution < 1.29 is 19.4 Å². The Hall–Kier alpha value is -1.97. The molecule has 0 radical (unpaired) electrons. The van der Waals surface area contributed by atoms with Crippen LogP contribution < -0.4 is 9.47 Å². The first-order valence-electron chi connectivity index (χ1n) is 4.72. The lowest BCUT2D eigenvalue weighted by Crippen LogP contribution is -1.94. The number of hydrogen-bond acceptors (Lipinski definition) is 3. The average molecular weight is 222 g/mol. The minimum Gasteiger partial charge on any atom is -0.497 e. The SMILES string of the molecule is COc1ccc(OC)c(/C(C)=C/C(=O)O)c1. The second-order valence-corrected chi connectivity index (χ2v) is 3.23. The molecule has 1 aromatic carbocycles. The van der Waals surface area contributed by atoms with Gasteiger partial charge < -0.3 is 14.6 Å². The molecule has 0 aliphatic carbocycles. The Morgan fingerprint density at radius 3 is 2.50 bits per heavy atom. The van der Waals surface area contributed by atoms with Gasteiger partial charge in [-0.05, 0) is 30.7 Å². The Bertz CT molecular complexity index is 421. The van der Waals surface area contributed by atoms with Crippen LogP contribution in [-0.4, -0.2) is 25.3 Å². The third-order valence-electron chi connectivity index (χ3n) is 2.17. The molecule has 0 saturated carbocycles. The number of carbonyl (C=O) groups is 1. The highest BCUT2D eigenvalue weighted by atomic mass is 16.5. The molecule has 0 heterocycles. The van der Waals surface area contributed by atoms with Crippen LogP contribution in [0.25, 0.3) is 5.57 Å². The number of aliphatic carboxylic acids is 1. The van der Waals surface area contributed by atoms with Crippen LogP contribution >= 0.6 is 0 Å². The van der Waals surface area contributed by atoms with E-state index < -0.39 is 5.97 Å². The topological polar surface area (TPSA) is 55.8 Å². The Morgan fingerprint density at radius 2 is 2.00 bits per heavy atom. The second-order valence-electron chi connectivity index (χ2n) is 3.23. The quantitative estimate of drug-likeness (QED) is 0.793. The van der Waals surface area contributed by atoms with E-state index in [2.05, 4.69) is 0 Å². The highest BCUT2D eigenvalue weighted by molar-refractivity contribution is 5.90. The van der Waals surface area contributed by atoms with Gasteiger partial charge in [-0.2, -0.15) is 0 Å². The molecule has 4 nitrogen and oxygen atoms in total. The summed E-state index contributed by atoms with van der Waals surface area (Å²) in [7, 11) is 3.10. The van der Waals surface area contributed by atoms with E-state index in [9.17, 15) is 4.79 Å². The van der Waals surface area contributed by atoms with Crippen molar-refractivity contribution in [3.05, 3.63) is 29.8 Å². The molecule has 1 aromatic rings. The predicted molar refractivity (Wildman–Crippen MR) is 60.8 cm³/mol. The summed E-state index contributed by atoms with van der Waals surface area (Å²) < 4.78 is 10.2. The van der Waals surface area contributed by atoms with Crippen LogP contribution in [0.5, 0.6) is 11.5 Å². The van der Waals surface area contributed by atoms with Crippen LogP contribution in [0.2, 0.25) is 0 Å². The molecule has 16 heavy (non-hydrogen) atoms.